The molecule has 0 aromatic heterocycles. The van der Waals surface area contributed by atoms with Crippen molar-refractivity contribution in [1.82, 2.24) is 5.32 Å². The average molecular weight is 287 g/mol. The van der Waals surface area contributed by atoms with Gasteiger partial charge in [-0.2, -0.15) is 0 Å². The van der Waals surface area contributed by atoms with E-state index in [1.54, 1.807) is 0 Å². The molecule has 0 fully saturated rings. The molecule has 0 aliphatic carbocycles. The van der Waals surface area contributed by atoms with Gasteiger partial charge in [-0.15, -0.1) is 0 Å². The molecule has 20 heavy (non-hydrogen) atoms. The Hall–Kier alpha value is -1.20. The summed E-state index contributed by atoms with van der Waals surface area (Å²) in [6.45, 7) is 5.32. The zero-order chi connectivity index (χ0) is 15.0. The van der Waals surface area contributed by atoms with E-state index in [0.717, 1.165) is 31.5 Å². The van der Waals surface area contributed by atoms with Gasteiger partial charge in [0.05, 0.1) is 13.2 Å². The van der Waals surface area contributed by atoms with Crippen LogP contribution in [0.3, 0.4) is 0 Å². The van der Waals surface area contributed by atoms with Crippen molar-refractivity contribution in [3.05, 3.63) is 29.8 Å². The number of aliphatic hydroxyl groups is 1. The zero-order valence-corrected chi connectivity index (χ0v) is 12.1. The molecule has 0 radical (unpaired) electrons. The lowest BCUT2D eigenvalue weighted by atomic mass is 9.97. The molecule has 5 heteroatoms. The Morgan fingerprint density at radius 2 is 2.05 bits per heavy atom. The Labute approximate surface area is 119 Å². The second kappa shape index (κ2) is 8.17. The minimum absolute atomic E-state index is 0.0537. The largest absolute Gasteiger partial charge is 0.493 e. The molecule has 0 heterocycles. The van der Waals surface area contributed by atoms with Gasteiger partial charge in [-0.1, -0.05) is 6.92 Å². The standard InChI is InChI=1S/C15H23F2NO2/c1-3-8-18-15(2,11-19)7-4-9-20-12-5-6-13(16)14(17)10-12/h5-6,10,18-19H,3-4,7-9,11H2,1-2H3. The van der Waals surface area contributed by atoms with Gasteiger partial charge in [-0.05, 0) is 44.9 Å². The Morgan fingerprint density at radius 1 is 1.30 bits per heavy atom. The summed E-state index contributed by atoms with van der Waals surface area (Å²) in [4.78, 5) is 0. The maximum Gasteiger partial charge on any atom is 0.162 e. The second-order valence-electron chi connectivity index (χ2n) is 5.17. The number of benzene rings is 1. The first kappa shape index (κ1) is 16.9. The normalized spacial score (nSPS) is 14.1. The van der Waals surface area contributed by atoms with Crippen LogP contribution in [0.2, 0.25) is 0 Å². The van der Waals surface area contributed by atoms with Crippen LogP contribution in [-0.2, 0) is 0 Å². The lowest BCUT2D eigenvalue weighted by Crippen LogP contribution is -2.46. The quantitative estimate of drug-likeness (QED) is 0.686. The third kappa shape index (κ3) is 5.43. The molecule has 0 saturated heterocycles. The van der Waals surface area contributed by atoms with Crippen LogP contribution in [0.4, 0.5) is 8.78 Å². The van der Waals surface area contributed by atoms with E-state index >= 15 is 0 Å². The number of hydrogen-bond acceptors (Lipinski definition) is 3. The molecular weight excluding hydrogens is 264 g/mol. The Kier molecular flexibility index (Phi) is 6.88. The number of nitrogens with one attached hydrogen (secondary N) is 1. The molecule has 0 aliphatic rings. The van der Waals surface area contributed by atoms with E-state index in [2.05, 4.69) is 12.2 Å². The van der Waals surface area contributed by atoms with Crippen molar-refractivity contribution >= 4 is 0 Å². The smallest absolute Gasteiger partial charge is 0.162 e. The van der Waals surface area contributed by atoms with Crippen molar-refractivity contribution in [1.29, 1.82) is 0 Å². The Balaban J connectivity index is 2.34. The van der Waals surface area contributed by atoms with Crippen LogP contribution >= 0.6 is 0 Å². The van der Waals surface area contributed by atoms with Gasteiger partial charge >= 0.3 is 0 Å². The summed E-state index contributed by atoms with van der Waals surface area (Å²) in [6.07, 6.45) is 2.46. The molecule has 1 aromatic carbocycles. The van der Waals surface area contributed by atoms with E-state index in [1.807, 2.05) is 6.92 Å². The summed E-state index contributed by atoms with van der Waals surface area (Å²) in [7, 11) is 0. The molecule has 1 unspecified atom stereocenters. The number of halogens is 2. The molecule has 0 aliphatic heterocycles. The Bertz CT molecular complexity index is 415. The van der Waals surface area contributed by atoms with Gasteiger partial charge in [-0.3, -0.25) is 0 Å². The van der Waals surface area contributed by atoms with E-state index in [1.165, 1.54) is 6.07 Å². The van der Waals surface area contributed by atoms with Gasteiger partial charge < -0.3 is 15.2 Å². The van der Waals surface area contributed by atoms with Gasteiger partial charge in [0.1, 0.15) is 5.75 Å². The predicted octanol–water partition coefficient (Wildman–Crippen LogP) is 2.87. The lowest BCUT2D eigenvalue weighted by molar-refractivity contribution is 0.156. The van der Waals surface area contributed by atoms with Gasteiger partial charge in [0, 0.05) is 11.6 Å². The predicted molar refractivity (Wildman–Crippen MR) is 74.9 cm³/mol. The third-order valence-electron chi connectivity index (χ3n) is 3.18. The molecule has 0 bridgehead atoms. The molecule has 1 atom stereocenters. The van der Waals surface area contributed by atoms with Crippen LogP contribution in [-0.4, -0.2) is 30.4 Å². The maximum absolute atomic E-state index is 13.0. The summed E-state index contributed by atoms with van der Waals surface area (Å²) in [5, 5.41) is 12.7. The van der Waals surface area contributed by atoms with Crippen molar-refractivity contribution in [3.8, 4) is 5.75 Å². The summed E-state index contributed by atoms with van der Waals surface area (Å²) in [6, 6.07) is 3.49. The topological polar surface area (TPSA) is 41.5 Å². The first-order valence-corrected chi connectivity index (χ1v) is 6.94. The first-order valence-electron chi connectivity index (χ1n) is 6.94. The van der Waals surface area contributed by atoms with Crippen molar-refractivity contribution in [2.24, 2.45) is 0 Å². The minimum atomic E-state index is -0.910. The van der Waals surface area contributed by atoms with Crippen molar-refractivity contribution < 1.29 is 18.6 Å². The highest BCUT2D eigenvalue weighted by Crippen LogP contribution is 2.17. The number of hydrogen-bond donors (Lipinski definition) is 2. The summed E-state index contributed by atoms with van der Waals surface area (Å²) in [5.74, 6) is -1.47. The molecular formula is C15H23F2NO2. The molecule has 0 spiro atoms. The van der Waals surface area contributed by atoms with Gasteiger partial charge in [0.15, 0.2) is 11.6 Å². The third-order valence-corrected chi connectivity index (χ3v) is 3.18. The Morgan fingerprint density at radius 3 is 2.65 bits per heavy atom. The monoisotopic (exact) mass is 287 g/mol. The van der Waals surface area contributed by atoms with Crippen LogP contribution in [0.5, 0.6) is 5.75 Å². The van der Waals surface area contributed by atoms with Crippen LogP contribution in [0.25, 0.3) is 0 Å². The molecule has 1 rings (SSSR count). The highest BCUT2D eigenvalue weighted by molar-refractivity contribution is 5.23. The number of ether oxygens (including phenoxy) is 1. The van der Waals surface area contributed by atoms with Crippen molar-refractivity contribution in [2.75, 3.05) is 19.8 Å². The summed E-state index contributed by atoms with van der Waals surface area (Å²) < 4.78 is 31.1. The van der Waals surface area contributed by atoms with E-state index in [-0.39, 0.29) is 12.1 Å². The SMILES string of the molecule is CCCNC(C)(CO)CCCOc1ccc(F)c(F)c1. The van der Waals surface area contributed by atoms with E-state index in [4.69, 9.17) is 4.74 Å². The highest BCUT2D eigenvalue weighted by atomic mass is 19.2. The molecule has 0 saturated carbocycles. The van der Waals surface area contributed by atoms with E-state index in [9.17, 15) is 13.9 Å². The summed E-state index contributed by atoms with van der Waals surface area (Å²) in [5.41, 5.74) is -0.326. The van der Waals surface area contributed by atoms with Crippen LogP contribution in [0.1, 0.15) is 33.1 Å². The van der Waals surface area contributed by atoms with Gasteiger partial charge in [-0.25, -0.2) is 8.78 Å². The van der Waals surface area contributed by atoms with E-state index in [0.29, 0.717) is 18.8 Å². The molecule has 1 aromatic rings. The highest BCUT2D eigenvalue weighted by Gasteiger charge is 2.21. The molecule has 3 nitrogen and oxygen atoms in total. The fraction of sp³-hybridized carbons (Fsp3) is 0.600. The van der Waals surface area contributed by atoms with Gasteiger partial charge in [0.2, 0.25) is 0 Å². The zero-order valence-electron chi connectivity index (χ0n) is 12.1. The fourth-order valence-corrected chi connectivity index (χ4v) is 1.87. The van der Waals surface area contributed by atoms with Crippen LogP contribution in [0, 0.1) is 11.6 Å². The number of aliphatic hydroxyl groups excluding tert-OH is 1. The van der Waals surface area contributed by atoms with Crippen molar-refractivity contribution in [3.63, 3.8) is 0 Å². The van der Waals surface area contributed by atoms with Crippen molar-refractivity contribution in [2.45, 2.75) is 38.6 Å². The maximum atomic E-state index is 13.0. The molecule has 114 valence electrons. The molecule has 0 amide bonds. The van der Waals surface area contributed by atoms with Crippen LogP contribution < -0.4 is 10.1 Å². The minimum Gasteiger partial charge on any atom is -0.493 e. The van der Waals surface area contributed by atoms with E-state index < -0.39 is 11.6 Å². The average Bonchev–Trinajstić information content (AvgIpc) is 2.45. The first-order chi connectivity index (χ1) is 9.50. The number of rotatable bonds is 9. The second-order valence-corrected chi connectivity index (χ2v) is 5.17. The summed E-state index contributed by atoms with van der Waals surface area (Å²) >= 11 is 0. The van der Waals surface area contributed by atoms with Gasteiger partial charge in [0.25, 0.3) is 0 Å². The fourth-order valence-electron chi connectivity index (χ4n) is 1.87. The van der Waals surface area contributed by atoms with Crippen LogP contribution in [0.15, 0.2) is 18.2 Å². The lowest BCUT2D eigenvalue weighted by Gasteiger charge is -2.28. The molecule has 2 N–H and O–H groups in total.